The Morgan fingerprint density at radius 1 is 1.62 bits per heavy atom. The third-order valence-electron chi connectivity index (χ3n) is 3.14. The lowest BCUT2D eigenvalue weighted by Crippen LogP contribution is -2.32. The number of rotatable bonds is 5. The van der Waals surface area contributed by atoms with Crippen LogP contribution in [0.25, 0.3) is 0 Å². The van der Waals surface area contributed by atoms with Gasteiger partial charge in [-0.2, -0.15) is 16.9 Å². The maximum Gasteiger partial charge on any atom is 0.0534 e. The van der Waals surface area contributed by atoms with Crippen LogP contribution in [0.5, 0.6) is 0 Å². The fraction of sp³-hybridized carbons (Fsp3) is 0.750. The average molecular weight is 239 g/mol. The number of nitrogens with zero attached hydrogens (tertiary/aromatic N) is 2. The van der Waals surface area contributed by atoms with Crippen LogP contribution in [-0.2, 0) is 13.1 Å². The second-order valence-electron chi connectivity index (χ2n) is 4.71. The summed E-state index contributed by atoms with van der Waals surface area (Å²) < 4.78 is 2.43. The summed E-state index contributed by atoms with van der Waals surface area (Å²) >= 11 is 2.11. The Labute approximate surface area is 102 Å². The third-order valence-corrected chi connectivity index (χ3v) is 4.68. The first-order valence-corrected chi connectivity index (χ1v) is 7.06. The second-order valence-corrected chi connectivity index (χ2v) is 6.39. The summed E-state index contributed by atoms with van der Waals surface area (Å²) in [7, 11) is 0. The Kier molecular flexibility index (Phi) is 3.92. The number of hydrogen-bond donors (Lipinski definition) is 1. The van der Waals surface area contributed by atoms with Crippen molar-refractivity contribution in [2.45, 2.75) is 44.5 Å². The van der Waals surface area contributed by atoms with Crippen molar-refractivity contribution in [1.29, 1.82) is 0 Å². The standard InChI is InChI=1S/C12H21N3S/c1-3-15-9-11(8-14-15)7-13-10-12(2)5-4-6-16-12/h8-9,13H,3-7,10H2,1-2H3. The number of aryl methyl sites for hydroxylation is 1. The molecule has 90 valence electrons. The quantitative estimate of drug-likeness (QED) is 0.855. The molecule has 16 heavy (non-hydrogen) atoms. The van der Waals surface area contributed by atoms with Crippen molar-refractivity contribution in [3.05, 3.63) is 18.0 Å². The van der Waals surface area contributed by atoms with Crippen LogP contribution in [-0.4, -0.2) is 26.8 Å². The first-order valence-electron chi connectivity index (χ1n) is 6.08. The van der Waals surface area contributed by atoms with Crippen LogP contribution in [0.3, 0.4) is 0 Å². The molecular weight excluding hydrogens is 218 g/mol. The van der Waals surface area contributed by atoms with Crippen molar-refractivity contribution >= 4 is 11.8 Å². The Morgan fingerprint density at radius 3 is 3.12 bits per heavy atom. The highest BCUT2D eigenvalue weighted by Gasteiger charge is 2.28. The van der Waals surface area contributed by atoms with Gasteiger partial charge in [-0.15, -0.1) is 0 Å². The van der Waals surface area contributed by atoms with E-state index < -0.39 is 0 Å². The maximum absolute atomic E-state index is 4.27. The second kappa shape index (κ2) is 5.23. The molecule has 1 N–H and O–H groups in total. The van der Waals surface area contributed by atoms with E-state index in [9.17, 15) is 0 Å². The van der Waals surface area contributed by atoms with Crippen molar-refractivity contribution in [2.75, 3.05) is 12.3 Å². The Morgan fingerprint density at radius 2 is 2.50 bits per heavy atom. The van der Waals surface area contributed by atoms with Crippen molar-refractivity contribution < 1.29 is 0 Å². The molecule has 1 aromatic rings. The molecule has 0 amide bonds. The highest BCUT2D eigenvalue weighted by Crippen LogP contribution is 2.36. The molecule has 2 heterocycles. The summed E-state index contributed by atoms with van der Waals surface area (Å²) in [6, 6.07) is 0. The zero-order valence-corrected chi connectivity index (χ0v) is 11.0. The van der Waals surface area contributed by atoms with Gasteiger partial charge in [0, 0.05) is 36.1 Å². The van der Waals surface area contributed by atoms with Crippen LogP contribution in [0.1, 0.15) is 32.3 Å². The minimum atomic E-state index is 0.459. The van der Waals surface area contributed by atoms with Gasteiger partial charge in [0.15, 0.2) is 0 Å². The van der Waals surface area contributed by atoms with E-state index in [1.165, 1.54) is 24.2 Å². The van der Waals surface area contributed by atoms with Crippen LogP contribution in [0.15, 0.2) is 12.4 Å². The molecule has 3 nitrogen and oxygen atoms in total. The summed E-state index contributed by atoms with van der Waals surface area (Å²) in [6.07, 6.45) is 6.80. The van der Waals surface area contributed by atoms with Crippen LogP contribution in [0.2, 0.25) is 0 Å². The van der Waals surface area contributed by atoms with Gasteiger partial charge in [-0.25, -0.2) is 0 Å². The molecular formula is C12H21N3S. The number of nitrogens with one attached hydrogen (secondary N) is 1. The molecule has 0 radical (unpaired) electrons. The zero-order chi connectivity index (χ0) is 11.4. The number of thioether (sulfide) groups is 1. The van der Waals surface area contributed by atoms with Crippen LogP contribution < -0.4 is 5.32 Å². The molecule has 1 aliphatic heterocycles. The Bertz CT molecular complexity index is 329. The molecule has 1 aromatic heterocycles. The van der Waals surface area contributed by atoms with E-state index in [0.29, 0.717) is 4.75 Å². The third kappa shape index (κ3) is 3.01. The lowest BCUT2D eigenvalue weighted by molar-refractivity contribution is 0.537. The smallest absolute Gasteiger partial charge is 0.0534 e. The van der Waals surface area contributed by atoms with E-state index in [2.05, 4.69) is 42.2 Å². The monoisotopic (exact) mass is 239 g/mol. The summed E-state index contributed by atoms with van der Waals surface area (Å²) in [4.78, 5) is 0. The van der Waals surface area contributed by atoms with E-state index in [1.807, 2.05) is 10.9 Å². The first-order chi connectivity index (χ1) is 7.72. The Balaban J connectivity index is 1.75. The zero-order valence-electron chi connectivity index (χ0n) is 10.2. The number of hydrogen-bond acceptors (Lipinski definition) is 3. The normalized spacial score (nSPS) is 25.1. The maximum atomic E-state index is 4.27. The molecule has 0 bridgehead atoms. The van der Waals surface area contributed by atoms with Gasteiger partial charge in [0.05, 0.1) is 6.20 Å². The first kappa shape index (κ1) is 12.0. The SMILES string of the molecule is CCn1cc(CNCC2(C)CCCS2)cn1. The van der Waals surface area contributed by atoms with Crippen LogP contribution in [0.4, 0.5) is 0 Å². The van der Waals surface area contributed by atoms with Gasteiger partial charge in [0.2, 0.25) is 0 Å². The molecule has 1 atom stereocenters. The van der Waals surface area contributed by atoms with Gasteiger partial charge < -0.3 is 5.32 Å². The highest BCUT2D eigenvalue weighted by atomic mass is 32.2. The van der Waals surface area contributed by atoms with Gasteiger partial charge in [-0.1, -0.05) is 0 Å². The molecule has 0 spiro atoms. The number of aromatic nitrogens is 2. The Hall–Kier alpha value is -0.480. The minimum absolute atomic E-state index is 0.459. The molecule has 1 fully saturated rings. The lowest BCUT2D eigenvalue weighted by Gasteiger charge is -2.22. The average Bonchev–Trinajstić information content (AvgIpc) is 2.88. The van der Waals surface area contributed by atoms with Crippen molar-refractivity contribution in [3.63, 3.8) is 0 Å². The van der Waals surface area contributed by atoms with E-state index in [0.717, 1.165) is 19.6 Å². The van der Waals surface area contributed by atoms with E-state index in [4.69, 9.17) is 0 Å². The van der Waals surface area contributed by atoms with E-state index >= 15 is 0 Å². The predicted molar refractivity (Wildman–Crippen MR) is 69.7 cm³/mol. The van der Waals surface area contributed by atoms with Crippen LogP contribution in [0, 0.1) is 0 Å². The molecule has 1 aliphatic rings. The molecule has 4 heteroatoms. The van der Waals surface area contributed by atoms with Crippen molar-refractivity contribution in [1.82, 2.24) is 15.1 Å². The molecule has 0 aromatic carbocycles. The predicted octanol–water partition coefficient (Wildman–Crippen LogP) is 2.28. The summed E-state index contributed by atoms with van der Waals surface area (Å²) in [5.74, 6) is 1.33. The summed E-state index contributed by atoms with van der Waals surface area (Å²) in [5.41, 5.74) is 1.29. The minimum Gasteiger partial charge on any atom is -0.311 e. The molecule has 0 saturated carbocycles. The van der Waals surface area contributed by atoms with Gasteiger partial charge in [-0.05, 0) is 32.4 Å². The summed E-state index contributed by atoms with van der Waals surface area (Å²) in [5, 5.41) is 7.82. The van der Waals surface area contributed by atoms with Crippen molar-refractivity contribution in [3.8, 4) is 0 Å². The van der Waals surface area contributed by atoms with Gasteiger partial charge >= 0.3 is 0 Å². The topological polar surface area (TPSA) is 29.9 Å². The molecule has 0 aliphatic carbocycles. The highest BCUT2D eigenvalue weighted by molar-refractivity contribution is 8.00. The molecule has 2 rings (SSSR count). The van der Waals surface area contributed by atoms with Crippen molar-refractivity contribution in [2.24, 2.45) is 0 Å². The fourth-order valence-corrected chi connectivity index (χ4v) is 3.39. The summed E-state index contributed by atoms with van der Waals surface area (Å²) in [6.45, 7) is 7.48. The molecule has 1 saturated heterocycles. The van der Waals surface area contributed by atoms with Gasteiger partial charge in [-0.3, -0.25) is 4.68 Å². The largest absolute Gasteiger partial charge is 0.311 e. The van der Waals surface area contributed by atoms with Crippen LogP contribution >= 0.6 is 11.8 Å². The van der Waals surface area contributed by atoms with Gasteiger partial charge in [0.1, 0.15) is 0 Å². The lowest BCUT2D eigenvalue weighted by atomic mass is 10.1. The fourth-order valence-electron chi connectivity index (χ4n) is 2.12. The van der Waals surface area contributed by atoms with E-state index in [-0.39, 0.29) is 0 Å². The molecule has 1 unspecified atom stereocenters. The van der Waals surface area contributed by atoms with Gasteiger partial charge in [0.25, 0.3) is 0 Å². The van der Waals surface area contributed by atoms with E-state index in [1.54, 1.807) is 0 Å².